The number of nitrogens with zero attached hydrogens (tertiary/aromatic N) is 2. The van der Waals surface area contributed by atoms with Crippen molar-refractivity contribution in [3.05, 3.63) is 0 Å². The summed E-state index contributed by atoms with van der Waals surface area (Å²) in [6, 6.07) is 0.466. The molecule has 1 aliphatic heterocycles. The number of likely N-dealkylation sites (N-methyl/N-ethyl adjacent to an activating group) is 1. The van der Waals surface area contributed by atoms with Crippen molar-refractivity contribution in [3.63, 3.8) is 0 Å². The summed E-state index contributed by atoms with van der Waals surface area (Å²) < 4.78 is 4.99. The first-order valence-corrected chi connectivity index (χ1v) is 7.29. The van der Waals surface area contributed by atoms with Crippen LogP contribution in [0, 0.1) is 11.3 Å². The van der Waals surface area contributed by atoms with Gasteiger partial charge < -0.3 is 9.64 Å². The number of carbonyl (C=O) groups is 2. The van der Waals surface area contributed by atoms with Crippen molar-refractivity contribution in [1.29, 1.82) is 0 Å². The van der Waals surface area contributed by atoms with Crippen molar-refractivity contribution in [2.45, 2.75) is 33.7 Å². The van der Waals surface area contributed by atoms with E-state index in [-0.39, 0.29) is 5.78 Å². The van der Waals surface area contributed by atoms with Crippen molar-refractivity contribution < 1.29 is 14.3 Å². The topological polar surface area (TPSA) is 49.9 Å². The molecule has 0 spiro atoms. The molecular formula is C15H28N2O3. The largest absolute Gasteiger partial charge is 0.465 e. The van der Waals surface area contributed by atoms with Crippen LogP contribution in [0.5, 0.6) is 0 Å². The van der Waals surface area contributed by atoms with E-state index in [0.717, 1.165) is 13.1 Å². The highest BCUT2D eigenvalue weighted by atomic mass is 16.5. The van der Waals surface area contributed by atoms with E-state index < -0.39 is 11.4 Å². The molecule has 0 aromatic carbocycles. The van der Waals surface area contributed by atoms with Crippen molar-refractivity contribution in [1.82, 2.24) is 9.80 Å². The molecule has 0 radical (unpaired) electrons. The van der Waals surface area contributed by atoms with Gasteiger partial charge in [0.2, 0.25) is 0 Å². The van der Waals surface area contributed by atoms with E-state index in [0.29, 0.717) is 25.1 Å². The van der Waals surface area contributed by atoms with Crippen LogP contribution in [0.3, 0.4) is 0 Å². The fourth-order valence-electron chi connectivity index (χ4n) is 2.68. The number of ether oxygens (including phenoxy) is 1. The molecule has 0 aromatic rings. The van der Waals surface area contributed by atoms with E-state index in [1.54, 1.807) is 20.8 Å². The number of rotatable bonds is 6. The van der Waals surface area contributed by atoms with Gasteiger partial charge >= 0.3 is 5.97 Å². The molecule has 1 heterocycles. The lowest BCUT2D eigenvalue weighted by Gasteiger charge is -2.25. The van der Waals surface area contributed by atoms with Crippen LogP contribution < -0.4 is 0 Å². The molecule has 116 valence electrons. The molecule has 0 saturated carbocycles. The second-order valence-corrected chi connectivity index (χ2v) is 6.47. The lowest BCUT2D eigenvalue weighted by Crippen LogP contribution is -2.42. The van der Waals surface area contributed by atoms with E-state index in [9.17, 15) is 9.59 Å². The van der Waals surface area contributed by atoms with E-state index in [1.165, 1.54) is 0 Å². The first-order chi connectivity index (χ1) is 9.20. The molecule has 1 rings (SSSR count). The summed E-state index contributed by atoms with van der Waals surface area (Å²) in [5.41, 5.74) is -1.06. The monoisotopic (exact) mass is 284 g/mol. The van der Waals surface area contributed by atoms with Crippen LogP contribution in [-0.4, -0.2) is 67.9 Å². The van der Waals surface area contributed by atoms with Crippen LogP contribution in [0.4, 0.5) is 0 Å². The van der Waals surface area contributed by atoms with Gasteiger partial charge in [0, 0.05) is 19.1 Å². The molecule has 2 atom stereocenters. The smallest absolute Gasteiger partial charge is 0.319 e. The van der Waals surface area contributed by atoms with Gasteiger partial charge in [-0.15, -0.1) is 0 Å². The lowest BCUT2D eigenvalue weighted by atomic mass is 9.88. The standard InChI is InChI=1S/C15H28N2O3/c1-7-20-14(19)15(3,4)13(18)10-17-8-11(2)12(9-17)16(5)6/h11-12H,7-10H2,1-6H3. The Kier molecular flexibility index (Phi) is 5.71. The maximum absolute atomic E-state index is 12.4. The Morgan fingerprint density at radius 3 is 2.35 bits per heavy atom. The van der Waals surface area contributed by atoms with Crippen molar-refractivity contribution in [2.24, 2.45) is 11.3 Å². The summed E-state index contributed by atoms with van der Waals surface area (Å²) in [5.74, 6) is 0.0347. The SMILES string of the molecule is CCOC(=O)C(C)(C)C(=O)CN1CC(C)C(N(C)C)C1. The molecule has 0 amide bonds. The Bertz CT molecular complexity index is 366. The summed E-state index contributed by atoms with van der Waals surface area (Å²) in [6.45, 7) is 9.65. The second-order valence-electron chi connectivity index (χ2n) is 6.47. The molecule has 0 aliphatic carbocycles. The highest BCUT2D eigenvalue weighted by Crippen LogP contribution is 2.24. The van der Waals surface area contributed by atoms with Gasteiger partial charge in [0.1, 0.15) is 5.41 Å². The van der Waals surface area contributed by atoms with Gasteiger partial charge in [-0.25, -0.2) is 0 Å². The summed E-state index contributed by atoms with van der Waals surface area (Å²) in [4.78, 5) is 28.5. The van der Waals surface area contributed by atoms with Gasteiger partial charge in [-0.3, -0.25) is 14.5 Å². The Balaban J connectivity index is 2.61. The van der Waals surface area contributed by atoms with E-state index in [1.807, 2.05) is 0 Å². The third-order valence-corrected chi connectivity index (χ3v) is 4.16. The van der Waals surface area contributed by atoms with E-state index in [4.69, 9.17) is 4.74 Å². The molecule has 2 unspecified atom stereocenters. The van der Waals surface area contributed by atoms with Crippen LogP contribution in [0.15, 0.2) is 0 Å². The molecule has 5 heteroatoms. The first kappa shape index (κ1) is 17.1. The van der Waals surface area contributed by atoms with Gasteiger partial charge in [0.05, 0.1) is 13.2 Å². The van der Waals surface area contributed by atoms with Crippen LogP contribution >= 0.6 is 0 Å². The highest BCUT2D eigenvalue weighted by Gasteiger charge is 2.40. The Hall–Kier alpha value is -0.940. The number of ketones is 1. The van der Waals surface area contributed by atoms with Crippen LogP contribution in [0.25, 0.3) is 0 Å². The number of hydrogen-bond donors (Lipinski definition) is 0. The molecule has 1 saturated heterocycles. The Morgan fingerprint density at radius 1 is 1.30 bits per heavy atom. The zero-order valence-electron chi connectivity index (χ0n) is 13.6. The minimum Gasteiger partial charge on any atom is -0.465 e. The zero-order chi connectivity index (χ0) is 15.5. The quantitative estimate of drug-likeness (QED) is 0.538. The predicted molar refractivity (Wildman–Crippen MR) is 78.5 cm³/mol. The summed E-state index contributed by atoms with van der Waals surface area (Å²) in [7, 11) is 4.13. The van der Waals surface area contributed by atoms with Gasteiger partial charge in [-0.05, 0) is 40.8 Å². The average molecular weight is 284 g/mol. The molecular weight excluding hydrogens is 256 g/mol. The second kappa shape index (κ2) is 6.68. The van der Waals surface area contributed by atoms with Crippen molar-refractivity contribution >= 4 is 11.8 Å². The average Bonchev–Trinajstić information content (AvgIpc) is 2.70. The molecule has 5 nitrogen and oxygen atoms in total. The number of esters is 1. The third kappa shape index (κ3) is 3.79. The van der Waals surface area contributed by atoms with Crippen molar-refractivity contribution in [2.75, 3.05) is 40.3 Å². The Morgan fingerprint density at radius 2 is 1.90 bits per heavy atom. The summed E-state index contributed by atoms with van der Waals surface area (Å²) >= 11 is 0. The number of hydrogen-bond acceptors (Lipinski definition) is 5. The van der Waals surface area contributed by atoms with Crippen LogP contribution in [0.1, 0.15) is 27.7 Å². The minimum absolute atomic E-state index is 0.0671. The summed E-state index contributed by atoms with van der Waals surface area (Å²) in [6.07, 6.45) is 0. The van der Waals surface area contributed by atoms with Gasteiger partial charge in [0.25, 0.3) is 0 Å². The van der Waals surface area contributed by atoms with E-state index >= 15 is 0 Å². The molecule has 20 heavy (non-hydrogen) atoms. The van der Waals surface area contributed by atoms with Gasteiger partial charge in [-0.1, -0.05) is 6.92 Å². The van der Waals surface area contributed by atoms with Crippen molar-refractivity contribution in [3.8, 4) is 0 Å². The first-order valence-electron chi connectivity index (χ1n) is 7.29. The molecule has 0 bridgehead atoms. The normalized spacial score (nSPS) is 24.1. The van der Waals surface area contributed by atoms with Gasteiger partial charge in [0.15, 0.2) is 5.78 Å². The molecule has 1 fully saturated rings. The summed E-state index contributed by atoms with van der Waals surface area (Å²) in [5, 5.41) is 0. The fourth-order valence-corrected chi connectivity index (χ4v) is 2.68. The highest BCUT2D eigenvalue weighted by molar-refractivity contribution is 6.03. The van der Waals surface area contributed by atoms with Crippen LogP contribution in [-0.2, 0) is 14.3 Å². The third-order valence-electron chi connectivity index (χ3n) is 4.16. The predicted octanol–water partition coefficient (Wildman–Crippen LogP) is 1.03. The molecule has 1 aliphatic rings. The maximum Gasteiger partial charge on any atom is 0.319 e. The lowest BCUT2D eigenvalue weighted by molar-refractivity contribution is -0.158. The molecule has 0 aromatic heterocycles. The fraction of sp³-hybridized carbons (Fsp3) is 0.867. The Labute approximate surface area is 122 Å². The van der Waals surface area contributed by atoms with Crippen LogP contribution in [0.2, 0.25) is 0 Å². The number of carbonyl (C=O) groups excluding carboxylic acids is 2. The zero-order valence-corrected chi connectivity index (χ0v) is 13.6. The minimum atomic E-state index is -1.06. The number of Topliss-reactive ketones (excluding diaryl/α,β-unsaturated/α-hetero) is 1. The maximum atomic E-state index is 12.4. The van der Waals surface area contributed by atoms with E-state index in [2.05, 4.69) is 30.8 Å². The molecule has 0 N–H and O–H groups in total. The number of likely N-dealkylation sites (tertiary alicyclic amines) is 1. The van der Waals surface area contributed by atoms with Gasteiger partial charge in [-0.2, -0.15) is 0 Å².